The molecule has 0 bridgehead atoms. The number of rotatable bonds is 2. The van der Waals surface area contributed by atoms with E-state index in [2.05, 4.69) is 22.1 Å². The summed E-state index contributed by atoms with van der Waals surface area (Å²) >= 11 is 0. The van der Waals surface area contributed by atoms with Crippen LogP contribution in [0, 0.1) is 0 Å². The Balaban J connectivity index is 2.24. The van der Waals surface area contributed by atoms with Crippen molar-refractivity contribution in [2.75, 3.05) is 0 Å². The molecular weight excluding hydrogens is 238 g/mol. The second kappa shape index (κ2) is 4.65. The molecule has 1 aromatic carbocycles. The maximum Gasteiger partial charge on any atom is 0.272 e. The number of aromatic amines is 1. The first-order chi connectivity index (χ1) is 9.29. The van der Waals surface area contributed by atoms with E-state index in [9.17, 15) is 4.79 Å². The van der Waals surface area contributed by atoms with Gasteiger partial charge in [0.1, 0.15) is 5.69 Å². The lowest BCUT2D eigenvalue weighted by molar-refractivity contribution is 1.01. The standard InChI is InChI=1S/C15H13N3O/c1-2-11-8-7-10(9-16-11)14-12-5-3-4-6-13(12)15(19)18-17-14/h3-9H,2H2,1H3,(H,18,19). The van der Waals surface area contributed by atoms with Crippen molar-refractivity contribution < 1.29 is 0 Å². The van der Waals surface area contributed by atoms with E-state index in [1.165, 1.54) is 0 Å². The molecule has 0 radical (unpaired) electrons. The molecule has 94 valence electrons. The molecule has 19 heavy (non-hydrogen) atoms. The van der Waals surface area contributed by atoms with Gasteiger partial charge in [-0.3, -0.25) is 9.78 Å². The van der Waals surface area contributed by atoms with Crippen molar-refractivity contribution in [3.05, 3.63) is 58.6 Å². The molecule has 0 fully saturated rings. The van der Waals surface area contributed by atoms with Crippen LogP contribution >= 0.6 is 0 Å². The predicted molar refractivity (Wildman–Crippen MR) is 75.0 cm³/mol. The van der Waals surface area contributed by atoms with Crippen molar-refractivity contribution in [3.8, 4) is 11.3 Å². The largest absolute Gasteiger partial charge is 0.272 e. The van der Waals surface area contributed by atoms with E-state index in [0.29, 0.717) is 5.39 Å². The summed E-state index contributed by atoms with van der Waals surface area (Å²) in [6, 6.07) is 11.4. The van der Waals surface area contributed by atoms with Gasteiger partial charge in [0.15, 0.2) is 0 Å². The van der Waals surface area contributed by atoms with Crippen LogP contribution in [-0.2, 0) is 6.42 Å². The van der Waals surface area contributed by atoms with E-state index in [1.54, 1.807) is 12.3 Å². The smallest absolute Gasteiger partial charge is 0.267 e. The summed E-state index contributed by atoms with van der Waals surface area (Å²) in [5, 5.41) is 8.18. The molecule has 0 atom stereocenters. The van der Waals surface area contributed by atoms with Gasteiger partial charge in [0.05, 0.1) is 5.39 Å². The summed E-state index contributed by atoms with van der Waals surface area (Å²) in [5.41, 5.74) is 2.53. The molecule has 0 amide bonds. The number of hydrogen-bond donors (Lipinski definition) is 1. The molecule has 0 spiro atoms. The van der Waals surface area contributed by atoms with Crippen LogP contribution in [-0.4, -0.2) is 15.2 Å². The van der Waals surface area contributed by atoms with Crippen molar-refractivity contribution >= 4 is 10.8 Å². The number of hydrogen-bond acceptors (Lipinski definition) is 3. The molecule has 3 rings (SSSR count). The number of nitrogens with zero attached hydrogens (tertiary/aromatic N) is 2. The molecule has 0 aliphatic carbocycles. The highest BCUT2D eigenvalue weighted by atomic mass is 16.1. The van der Waals surface area contributed by atoms with Crippen LogP contribution in [0.15, 0.2) is 47.4 Å². The maximum atomic E-state index is 11.7. The fraction of sp³-hybridized carbons (Fsp3) is 0.133. The molecule has 4 nitrogen and oxygen atoms in total. The number of aryl methyl sites for hydroxylation is 1. The molecule has 4 heteroatoms. The number of nitrogens with one attached hydrogen (secondary N) is 1. The van der Waals surface area contributed by atoms with Gasteiger partial charge >= 0.3 is 0 Å². The van der Waals surface area contributed by atoms with Gasteiger partial charge in [-0.2, -0.15) is 5.10 Å². The van der Waals surface area contributed by atoms with E-state index in [1.807, 2.05) is 30.3 Å². The average molecular weight is 251 g/mol. The fourth-order valence-corrected chi connectivity index (χ4v) is 2.11. The lowest BCUT2D eigenvalue weighted by atomic mass is 10.1. The third kappa shape index (κ3) is 2.01. The monoisotopic (exact) mass is 251 g/mol. The van der Waals surface area contributed by atoms with Gasteiger partial charge in [-0.15, -0.1) is 0 Å². The zero-order chi connectivity index (χ0) is 13.2. The molecule has 1 N–H and O–H groups in total. The number of H-pyrrole nitrogens is 1. The number of fused-ring (bicyclic) bond motifs is 1. The highest BCUT2D eigenvalue weighted by Crippen LogP contribution is 2.23. The quantitative estimate of drug-likeness (QED) is 0.761. The first kappa shape index (κ1) is 11.6. The Kier molecular flexibility index (Phi) is 2.83. The first-order valence-electron chi connectivity index (χ1n) is 6.22. The van der Waals surface area contributed by atoms with Crippen LogP contribution < -0.4 is 5.56 Å². The van der Waals surface area contributed by atoms with Gasteiger partial charge < -0.3 is 0 Å². The SMILES string of the molecule is CCc1ccc(-c2n[nH]c(=O)c3ccccc23)cn1. The van der Waals surface area contributed by atoms with E-state index >= 15 is 0 Å². The number of aromatic nitrogens is 3. The molecule has 0 aliphatic heterocycles. The maximum absolute atomic E-state index is 11.7. The lowest BCUT2D eigenvalue weighted by Gasteiger charge is -2.05. The minimum Gasteiger partial charge on any atom is -0.267 e. The fourth-order valence-electron chi connectivity index (χ4n) is 2.11. The summed E-state index contributed by atoms with van der Waals surface area (Å²) in [6.45, 7) is 2.07. The van der Waals surface area contributed by atoms with Crippen molar-refractivity contribution in [1.29, 1.82) is 0 Å². The van der Waals surface area contributed by atoms with Gasteiger partial charge in [0.2, 0.25) is 0 Å². The minimum absolute atomic E-state index is 0.169. The second-order valence-electron chi connectivity index (χ2n) is 4.34. The zero-order valence-corrected chi connectivity index (χ0v) is 10.6. The van der Waals surface area contributed by atoms with E-state index in [0.717, 1.165) is 28.8 Å². The van der Waals surface area contributed by atoms with Crippen LogP contribution in [0.2, 0.25) is 0 Å². The molecular formula is C15H13N3O. The Morgan fingerprint density at radius 3 is 2.58 bits per heavy atom. The Labute approximate surface area is 110 Å². The third-order valence-corrected chi connectivity index (χ3v) is 3.16. The minimum atomic E-state index is -0.169. The van der Waals surface area contributed by atoms with E-state index < -0.39 is 0 Å². The molecule has 0 saturated carbocycles. The molecule has 3 aromatic rings. The van der Waals surface area contributed by atoms with Crippen LogP contribution in [0.3, 0.4) is 0 Å². The molecule has 2 heterocycles. The van der Waals surface area contributed by atoms with Gasteiger partial charge in [-0.05, 0) is 24.6 Å². The Bertz CT molecular complexity index is 775. The van der Waals surface area contributed by atoms with Crippen LogP contribution in [0.25, 0.3) is 22.0 Å². The van der Waals surface area contributed by atoms with Crippen molar-refractivity contribution in [2.24, 2.45) is 0 Å². The van der Waals surface area contributed by atoms with Crippen molar-refractivity contribution in [1.82, 2.24) is 15.2 Å². The predicted octanol–water partition coefficient (Wildman–Crippen LogP) is 2.55. The topological polar surface area (TPSA) is 58.6 Å². The average Bonchev–Trinajstić information content (AvgIpc) is 2.48. The molecule has 0 saturated heterocycles. The van der Waals surface area contributed by atoms with Crippen molar-refractivity contribution in [3.63, 3.8) is 0 Å². The Morgan fingerprint density at radius 2 is 1.89 bits per heavy atom. The first-order valence-corrected chi connectivity index (χ1v) is 6.22. The summed E-state index contributed by atoms with van der Waals surface area (Å²) in [5.74, 6) is 0. The van der Waals surface area contributed by atoms with Gasteiger partial charge in [0.25, 0.3) is 5.56 Å². The summed E-state index contributed by atoms with van der Waals surface area (Å²) in [4.78, 5) is 16.1. The van der Waals surface area contributed by atoms with Gasteiger partial charge in [-0.1, -0.05) is 25.1 Å². The highest BCUT2D eigenvalue weighted by molar-refractivity contribution is 5.93. The molecule has 2 aromatic heterocycles. The molecule has 0 aliphatic rings. The number of benzene rings is 1. The van der Waals surface area contributed by atoms with Crippen LogP contribution in [0.5, 0.6) is 0 Å². The second-order valence-corrected chi connectivity index (χ2v) is 4.34. The Hall–Kier alpha value is -2.49. The van der Waals surface area contributed by atoms with Gasteiger partial charge in [-0.25, -0.2) is 5.10 Å². The number of pyridine rings is 1. The van der Waals surface area contributed by atoms with Crippen LogP contribution in [0.4, 0.5) is 0 Å². The summed E-state index contributed by atoms with van der Waals surface area (Å²) < 4.78 is 0. The third-order valence-electron chi connectivity index (χ3n) is 3.16. The molecule has 0 unspecified atom stereocenters. The normalized spacial score (nSPS) is 10.8. The Morgan fingerprint density at radius 1 is 1.11 bits per heavy atom. The summed E-state index contributed by atoms with van der Waals surface area (Å²) in [7, 11) is 0. The zero-order valence-electron chi connectivity index (χ0n) is 10.6. The highest BCUT2D eigenvalue weighted by Gasteiger charge is 2.08. The van der Waals surface area contributed by atoms with Crippen molar-refractivity contribution in [2.45, 2.75) is 13.3 Å². The summed E-state index contributed by atoms with van der Waals surface area (Å²) in [6.07, 6.45) is 2.70. The lowest BCUT2D eigenvalue weighted by Crippen LogP contribution is -2.09. The van der Waals surface area contributed by atoms with E-state index in [4.69, 9.17) is 0 Å². The van der Waals surface area contributed by atoms with Gasteiger partial charge in [0, 0.05) is 22.8 Å². The van der Waals surface area contributed by atoms with Crippen LogP contribution in [0.1, 0.15) is 12.6 Å². The van der Waals surface area contributed by atoms with E-state index in [-0.39, 0.29) is 5.56 Å².